The number of alkyl halides is 1. The summed E-state index contributed by atoms with van der Waals surface area (Å²) in [5.74, 6) is 0.311. The molecule has 0 aliphatic heterocycles. The summed E-state index contributed by atoms with van der Waals surface area (Å²) in [6.07, 6.45) is 1.19. The van der Waals surface area contributed by atoms with Crippen LogP contribution >= 0.6 is 11.6 Å². The molecule has 0 saturated heterocycles. The number of nitrogens with one attached hydrogen (secondary N) is 1. The Balaban J connectivity index is 2.67. The lowest BCUT2D eigenvalue weighted by Gasteiger charge is -2.13. The molecule has 0 radical (unpaired) electrons. The van der Waals surface area contributed by atoms with E-state index in [0.29, 0.717) is 30.2 Å². The highest BCUT2D eigenvalue weighted by Crippen LogP contribution is 2.25. The summed E-state index contributed by atoms with van der Waals surface area (Å²) in [6, 6.07) is 6.62. The van der Waals surface area contributed by atoms with Crippen LogP contribution in [0.25, 0.3) is 0 Å². The predicted octanol–water partition coefficient (Wildman–Crippen LogP) is 1.70. The van der Waals surface area contributed by atoms with Gasteiger partial charge in [0.2, 0.25) is 15.9 Å². The smallest absolute Gasteiger partial charge is 0.232 e. The van der Waals surface area contributed by atoms with Gasteiger partial charge in [-0.15, -0.1) is 11.6 Å². The summed E-state index contributed by atoms with van der Waals surface area (Å²) >= 11 is 5.53. The first-order chi connectivity index (χ1) is 9.94. The molecular weight excluding hydrogens is 316 g/mol. The van der Waals surface area contributed by atoms with E-state index in [1.165, 1.54) is 0 Å². The molecule has 21 heavy (non-hydrogen) atoms. The van der Waals surface area contributed by atoms with Crippen LogP contribution in [0.1, 0.15) is 19.3 Å². The minimum atomic E-state index is -3.45. The van der Waals surface area contributed by atoms with Gasteiger partial charge in [0.05, 0.1) is 24.5 Å². The lowest BCUT2D eigenvalue weighted by molar-refractivity contribution is -0.118. The van der Waals surface area contributed by atoms with E-state index in [4.69, 9.17) is 22.1 Å². The number of primary amides is 1. The van der Waals surface area contributed by atoms with Crippen molar-refractivity contribution in [1.29, 1.82) is 0 Å². The summed E-state index contributed by atoms with van der Waals surface area (Å²) in [5.41, 5.74) is 5.36. The van der Waals surface area contributed by atoms with Gasteiger partial charge < -0.3 is 10.5 Å². The molecule has 0 unspecified atom stereocenters. The average molecular weight is 335 g/mol. The number of halogens is 1. The van der Waals surface area contributed by atoms with E-state index in [0.717, 1.165) is 0 Å². The minimum Gasteiger partial charge on any atom is -0.491 e. The zero-order chi connectivity index (χ0) is 15.7. The van der Waals surface area contributed by atoms with Crippen LogP contribution in [0.2, 0.25) is 0 Å². The Morgan fingerprint density at radius 2 is 2.00 bits per heavy atom. The Labute approximate surface area is 129 Å². The molecule has 8 heteroatoms. The van der Waals surface area contributed by atoms with Gasteiger partial charge in [-0.05, 0) is 25.0 Å². The van der Waals surface area contributed by atoms with E-state index in [2.05, 4.69) is 4.72 Å². The Morgan fingerprint density at radius 1 is 1.29 bits per heavy atom. The summed E-state index contributed by atoms with van der Waals surface area (Å²) in [6.45, 7) is 0.0975. The van der Waals surface area contributed by atoms with Crippen molar-refractivity contribution in [2.75, 3.05) is 23.0 Å². The number of carbonyl (C=O) groups is 1. The average Bonchev–Trinajstić information content (AvgIpc) is 2.40. The zero-order valence-corrected chi connectivity index (χ0v) is 13.1. The number of carbonyl (C=O) groups excluding carboxylic acids is 1. The number of rotatable bonds is 10. The molecule has 1 amide bonds. The molecule has 3 N–H and O–H groups in total. The molecular formula is C13H19ClN2O4S. The van der Waals surface area contributed by atoms with Crippen molar-refractivity contribution in [2.24, 2.45) is 5.73 Å². The fourth-order valence-electron chi connectivity index (χ4n) is 1.54. The van der Waals surface area contributed by atoms with Crippen LogP contribution in [0.3, 0.4) is 0 Å². The van der Waals surface area contributed by atoms with Gasteiger partial charge in [0, 0.05) is 5.88 Å². The highest BCUT2D eigenvalue weighted by molar-refractivity contribution is 7.92. The van der Waals surface area contributed by atoms with Gasteiger partial charge >= 0.3 is 0 Å². The maximum atomic E-state index is 11.9. The number of hydrogen-bond donors (Lipinski definition) is 2. The van der Waals surface area contributed by atoms with Gasteiger partial charge in [-0.1, -0.05) is 12.1 Å². The zero-order valence-electron chi connectivity index (χ0n) is 11.5. The fourth-order valence-corrected chi connectivity index (χ4v) is 2.92. The molecule has 0 atom stereocenters. The van der Waals surface area contributed by atoms with Crippen LogP contribution in [0, 0.1) is 0 Å². The molecule has 6 nitrogen and oxygen atoms in total. The van der Waals surface area contributed by atoms with E-state index in [-0.39, 0.29) is 18.8 Å². The van der Waals surface area contributed by atoms with Crippen molar-refractivity contribution < 1.29 is 17.9 Å². The molecule has 1 rings (SSSR count). The molecule has 0 bridgehead atoms. The second kappa shape index (κ2) is 8.74. The molecule has 1 aromatic carbocycles. The second-order valence-electron chi connectivity index (χ2n) is 4.38. The molecule has 0 aromatic heterocycles. The summed E-state index contributed by atoms with van der Waals surface area (Å²) in [7, 11) is -3.45. The normalized spacial score (nSPS) is 11.1. The molecule has 0 saturated carbocycles. The topological polar surface area (TPSA) is 98.5 Å². The number of unbranched alkanes of at least 4 members (excludes halogenated alkanes) is 1. The Morgan fingerprint density at radius 3 is 2.67 bits per heavy atom. The van der Waals surface area contributed by atoms with E-state index < -0.39 is 15.9 Å². The number of nitrogens with two attached hydrogens (primary N) is 1. The Kier molecular flexibility index (Phi) is 7.31. The van der Waals surface area contributed by atoms with E-state index >= 15 is 0 Å². The quantitative estimate of drug-likeness (QED) is 0.502. The van der Waals surface area contributed by atoms with Crippen LogP contribution in [0.5, 0.6) is 5.75 Å². The van der Waals surface area contributed by atoms with Crippen LogP contribution in [-0.2, 0) is 14.8 Å². The van der Waals surface area contributed by atoms with Crippen molar-refractivity contribution in [3.05, 3.63) is 24.3 Å². The summed E-state index contributed by atoms with van der Waals surface area (Å²) in [5, 5.41) is 0. The Bertz CT molecular complexity index is 563. The molecule has 0 fully saturated rings. The third kappa shape index (κ3) is 7.19. The minimum absolute atomic E-state index is 0.00462. The van der Waals surface area contributed by atoms with E-state index in [1.807, 2.05) is 0 Å². The van der Waals surface area contributed by atoms with Crippen LogP contribution < -0.4 is 15.2 Å². The van der Waals surface area contributed by atoms with Crippen LogP contribution in [-0.4, -0.2) is 32.6 Å². The van der Waals surface area contributed by atoms with E-state index in [1.54, 1.807) is 24.3 Å². The predicted molar refractivity (Wildman–Crippen MR) is 83.1 cm³/mol. The van der Waals surface area contributed by atoms with Crippen LogP contribution in [0.4, 0.5) is 5.69 Å². The maximum absolute atomic E-state index is 11.9. The molecule has 0 spiro atoms. The largest absolute Gasteiger partial charge is 0.491 e. The maximum Gasteiger partial charge on any atom is 0.232 e. The number of benzene rings is 1. The van der Waals surface area contributed by atoms with Crippen molar-refractivity contribution in [3.63, 3.8) is 0 Å². The number of para-hydroxylation sites is 2. The first kappa shape index (κ1) is 17.6. The van der Waals surface area contributed by atoms with Crippen molar-refractivity contribution in [1.82, 2.24) is 0 Å². The van der Waals surface area contributed by atoms with Crippen molar-refractivity contribution in [2.45, 2.75) is 19.3 Å². The van der Waals surface area contributed by atoms with Gasteiger partial charge in [0.25, 0.3) is 0 Å². The second-order valence-corrected chi connectivity index (χ2v) is 6.60. The van der Waals surface area contributed by atoms with Gasteiger partial charge in [-0.25, -0.2) is 8.42 Å². The highest BCUT2D eigenvalue weighted by atomic mass is 35.5. The lowest BCUT2D eigenvalue weighted by Crippen LogP contribution is -2.18. The molecule has 0 aliphatic carbocycles. The standard InChI is InChI=1S/C13H19ClN2O4S/c14-8-3-4-10-21(18,19)16-11-5-1-2-6-12(11)20-9-7-13(15)17/h1-2,5-6,16H,3-4,7-10H2,(H2,15,17). The first-order valence-electron chi connectivity index (χ1n) is 6.51. The number of ether oxygens (including phenoxy) is 1. The van der Waals surface area contributed by atoms with Gasteiger partial charge in [0.15, 0.2) is 0 Å². The van der Waals surface area contributed by atoms with Gasteiger partial charge in [-0.2, -0.15) is 0 Å². The molecule has 0 heterocycles. The highest BCUT2D eigenvalue weighted by Gasteiger charge is 2.13. The first-order valence-corrected chi connectivity index (χ1v) is 8.70. The number of hydrogen-bond acceptors (Lipinski definition) is 4. The number of sulfonamides is 1. The monoisotopic (exact) mass is 334 g/mol. The van der Waals surface area contributed by atoms with Crippen molar-refractivity contribution in [3.8, 4) is 5.75 Å². The van der Waals surface area contributed by atoms with E-state index in [9.17, 15) is 13.2 Å². The summed E-state index contributed by atoms with van der Waals surface area (Å²) in [4.78, 5) is 10.7. The third-order valence-electron chi connectivity index (χ3n) is 2.56. The number of amides is 1. The van der Waals surface area contributed by atoms with Crippen LogP contribution in [0.15, 0.2) is 24.3 Å². The van der Waals surface area contributed by atoms with Crippen molar-refractivity contribution >= 4 is 33.2 Å². The Hall–Kier alpha value is -1.47. The third-order valence-corrected chi connectivity index (χ3v) is 4.18. The fraction of sp³-hybridized carbons (Fsp3) is 0.462. The molecule has 0 aliphatic rings. The molecule has 1 aromatic rings. The summed E-state index contributed by atoms with van der Waals surface area (Å²) < 4.78 is 31.7. The molecule has 118 valence electrons. The van der Waals surface area contributed by atoms with Gasteiger partial charge in [0.1, 0.15) is 5.75 Å². The SMILES string of the molecule is NC(=O)CCOc1ccccc1NS(=O)(=O)CCCCCl. The van der Waals surface area contributed by atoms with Gasteiger partial charge in [-0.3, -0.25) is 9.52 Å². The lowest BCUT2D eigenvalue weighted by atomic mass is 10.3. The number of anilines is 1.